The van der Waals surface area contributed by atoms with Crippen LogP contribution in [0.15, 0.2) is 47.6 Å². The van der Waals surface area contributed by atoms with Crippen LogP contribution in [-0.2, 0) is 16.1 Å². The van der Waals surface area contributed by atoms with Crippen LogP contribution in [0.25, 0.3) is 0 Å². The van der Waals surface area contributed by atoms with E-state index in [-0.39, 0.29) is 5.71 Å². The maximum absolute atomic E-state index is 13.7. The molecule has 2 aromatic carbocycles. The molecule has 190 valence electrons. The molecular formula is C27H31F4NO3. The summed E-state index contributed by atoms with van der Waals surface area (Å²) in [6.45, 7) is 2.95. The number of hydrogen-bond donors (Lipinski definition) is 0. The van der Waals surface area contributed by atoms with Crippen LogP contribution in [0.5, 0.6) is 5.75 Å². The van der Waals surface area contributed by atoms with Crippen LogP contribution in [0.3, 0.4) is 0 Å². The topological polar surface area (TPSA) is 47.9 Å². The molecule has 2 fully saturated rings. The SMILES string of the molecule is C/C(=N\OCC1CC1)c1c(OC(F)F)ccc(F)c1F.CC1CC(C)C1C(=O)Cc1ccccc1. The molecule has 35 heavy (non-hydrogen) atoms. The molecule has 8 heteroatoms. The van der Waals surface area contributed by atoms with E-state index in [4.69, 9.17) is 4.84 Å². The highest BCUT2D eigenvalue weighted by Gasteiger charge is 2.39. The van der Waals surface area contributed by atoms with Crippen LogP contribution in [0, 0.1) is 35.3 Å². The van der Waals surface area contributed by atoms with Crippen molar-refractivity contribution in [2.24, 2.45) is 28.8 Å². The van der Waals surface area contributed by atoms with E-state index in [1.807, 2.05) is 30.3 Å². The smallest absolute Gasteiger partial charge is 0.387 e. The summed E-state index contributed by atoms with van der Waals surface area (Å²) in [5.41, 5.74) is 0.633. The molecule has 0 saturated heterocycles. The molecule has 0 N–H and O–H groups in total. The van der Waals surface area contributed by atoms with Gasteiger partial charge in [-0.3, -0.25) is 4.79 Å². The highest BCUT2D eigenvalue weighted by atomic mass is 19.3. The molecule has 0 heterocycles. The van der Waals surface area contributed by atoms with Crippen LogP contribution in [0.1, 0.15) is 51.2 Å². The Kier molecular flexibility index (Phi) is 9.29. The summed E-state index contributed by atoms with van der Waals surface area (Å²) < 4.78 is 55.6. The fourth-order valence-corrected chi connectivity index (χ4v) is 4.43. The molecule has 0 amide bonds. The number of oxime groups is 1. The van der Waals surface area contributed by atoms with Crippen molar-refractivity contribution in [1.82, 2.24) is 0 Å². The largest absolute Gasteiger partial charge is 0.434 e. The van der Waals surface area contributed by atoms with Gasteiger partial charge in [-0.2, -0.15) is 8.78 Å². The first-order chi connectivity index (χ1) is 16.7. The lowest BCUT2D eigenvalue weighted by Gasteiger charge is -2.39. The number of alkyl halides is 2. The molecule has 2 saturated carbocycles. The molecule has 4 nitrogen and oxygen atoms in total. The van der Waals surface area contributed by atoms with Gasteiger partial charge in [0.1, 0.15) is 18.1 Å². The number of carbonyl (C=O) groups is 1. The Morgan fingerprint density at radius 3 is 2.29 bits per heavy atom. The van der Waals surface area contributed by atoms with E-state index < -0.39 is 29.6 Å². The normalized spacial score (nSPS) is 21.6. The number of rotatable bonds is 9. The summed E-state index contributed by atoms with van der Waals surface area (Å²) in [6.07, 6.45) is 3.91. The zero-order valence-corrected chi connectivity index (χ0v) is 20.1. The van der Waals surface area contributed by atoms with E-state index in [0.29, 0.717) is 42.5 Å². The third kappa shape index (κ3) is 7.54. The molecule has 2 aliphatic carbocycles. The van der Waals surface area contributed by atoms with E-state index in [1.165, 1.54) is 13.3 Å². The van der Waals surface area contributed by atoms with Gasteiger partial charge < -0.3 is 9.57 Å². The summed E-state index contributed by atoms with van der Waals surface area (Å²) in [6, 6.07) is 11.7. The van der Waals surface area contributed by atoms with Crippen LogP contribution in [-0.4, -0.2) is 24.7 Å². The van der Waals surface area contributed by atoms with Crippen molar-refractivity contribution in [3.63, 3.8) is 0 Å². The molecule has 2 aromatic rings. The van der Waals surface area contributed by atoms with Crippen LogP contribution >= 0.6 is 0 Å². The van der Waals surface area contributed by atoms with Gasteiger partial charge in [0.05, 0.1) is 11.3 Å². The fourth-order valence-electron chi connectivity index (χ4n) is 4.43. The van der Waals surface area contributed by atoms with Crippen molar-refractivity contribution in [1.29, 1.82) is 0 Å². The van der Waals surface area contributed by atoms with Gasteiger partial charge in [-0.1, -0.05) is 49.3 Å². The Balaban J connectivity index is 0.000000203. The lowest BCUT2D eigenvalue weighted by molar-refractivity contribution is -0.130. The third-order valence-corrected chi connectivity index (χ3v) is 6.41. The van der Waals surface area contributed by atoms with Gasteiger partial charge in [0.2, 0.25) is 0 Å². The van der Waals surface area contributed by atoms with Gasteiger partial charge in [0.25, 0.3) is 0 Å². The maximum Gasteiger partial charge on any atom is 0.387 e. The summed E-state index contributed by atoms with van der Waals surface area (Å²) >= 11 is 0. The number of ketones is 1. The molecule has 2 atom stereocenters. The average Bonchev–Trinajstić information content (AvgIpc) is 3.61. The molecular weight excluding hydrogens is 462 g/mol. The van der Waals surface area contributed by atoms with Crippen molar-refractivity contribution in [2.75, 3.05) is 6.61 Å². The second-order valence-electron chi connectivity index (χ2n) is 9.37. The van der Waals surface area contributed by atoms with Crippen molar-refractivity contribution in [3.05, 3.63) is 65.2 Å². The molecule has 2 unspecified atom stereocenters. The van der Waals surface area contributed by atoms with Gasteiger partial charge in [-0.15, -0.1) is 0 Å². The summed E-state index contributed by atoms with van der Waals surface area (Å²) in [5.74, 6) is -0.585. The lowest BCUT2D eigenvalue weighted by Crippen LogP contribution is -2.39. The Hall–Kier alpha value is -2.90. The Morgan fingerprint density at radius 2 is 1.71 bits per heavy atom. The first-order valence-corrected chi connectivity index (χ1v) is 11.8. The van der Waals surface area contributed by atoms with Gasteiger partial charge >= 0.3 is 6.61 Å². The van der Waals surface area contributed by atoms with Gasteiger partial charge in [0, 0.05) is 12.3 Å². The van der Waals surface area contributed by atoms with E-state index >= 15 is 0 Å². The maximum atomic E-state index is 13.7. The average molecular weight is 494 g/mol. The minimum Gasteiger partial charge on any atom is -0.434 e. The van der Waals surface area contributed by atoms with Gasteiger partial charge in [0.15, 0.2) is 11.6 Å². The molecule has 0 spiro atoms. The monoisotopic (exact) mass is 493 g/mol. The van der Waals surface area contributed by atoms with E-state index in [0.717, 1.165) is 30.5 Å². The number of Topliss-reactive ketones (excluding diaryl/α,β-unsaturated/α-hetero) is 1. The van der Waals surface area contributed by atoms with Crippen molar-refractivity contribution < 1.29 is 31.9 Å². The van der Waals surface area contributed by atoms with Gasteiger partial charge in [-0.25, -0.2) is 8.78 Å². The zero-order chi connectivity index (χ0) is 25.5. The predicted octanol–water partition coefficient (Wildman–Crippen LogP) is 6.81. The molecule has 2 aliphatic rings. The molecule has 0 aliphatic heterocycles. The number of hydrogen-bond acceptors (Lipinski definition) is 4. The van der Waals surface area contributed by atoms with Crippen LogP contribution in [0.4, 0.5) is 17.6 Å². The fraction of sp³-hybridized carbons (Fsp3) is 0.481. The minimum atomic E-state index is -3.14. The molecule has 4 rings (SSSR count). The molecule has 0 radical (unpaired) electrons. The lowest BCUT2D eigenvalue weighted by atomic mass is 9.64. The van der Waals surface area contributed by atoms with Crippen molar-refractivity contribution in [2.45, 2.75) is 53.1 Å². The predicted molar refractivity (Wildman–Crippen MR) is 125 cm³/mol. The number of halogens is 4. The quantitative estimate of drug-likeness (QED) is 0.219. The molecule has 0 bridgehead atoms. The highest BCUT2D eigenvalue weighted by molar-refractivity contribution is 6.01. The third-order valence-electron chi connectivity index (χ3n) is 6.41. The standard InChI is InChI=1S/C14H18O.C13H13F4NO2/c1-10-8-11(2)14(10)13(15)9-12-6-4-3-5-7-12;1-7(18-19-6-8-2-3-8)11-10(20-13(16)17)5-4-9(14)12(11)15/h3-7,10-11,14H,8-9H2,1-2H3;4-5,8,13H,2-3,6H2,1H3/b;18-7+. The van der Waals surface area contributed by atoms with Crippen molar-refractivity contribution >= 4 is 11.5 Å². The summed E-state index contributed by atoms with van der Waals surface area (Å²) in [7, 11) is 0. The Morgan fingerprint density at radius 1 is 1.06 bits per heavy atom. The van der Waals surface area contributed by atoms with Crippen LogP contribution in [0.2, 0.25) is 0 Å². The minimum absolute atomic E-state index is 0.0571. The zero-order valence-electron chi connectivity index (χ0n) is 20.1. The second-order valence-corrected chi connectivity index (χ2v) is 9.37. The Labute approximate surface area is 203 Å². The molecule has 0 aromatic heterocycles. The second kappa shape index (κ2) is 12.2. The van der Waals surface area contributed by atoms with Gasteiger partial charge in [-0.05, 0) is 61.6 Å². The van der Waals surface area contributed by atoms with E-state index in [1.54, 1.807) is 0 Å². The van der Waals surface area contributed by atoms with E-state index in [9.17, 15) is 22.4 Å². The first kappa shape index (κ1) is 26.7. The summed E-state index contributed by atoms with van der Waals surface area (Å²) in [4.78, 5) is 17.0. The van der Waals surface area contributed by atoms with Crippen molar-refractivity contribution in [3.8, 4) is 5.75 Å². The summed E-state index contributed by atoms with van der Waals surface area (Å²) in [5, 5.41) is 3.63. The number of carbonyl (C=O) groups excluding carboxylic acids is 1. The number of ether oxygens (including phenoxy) is 1. The van der Waals surface area contributed by atoms with E-state index in [2.05, 4.69) is 23.7 Å². The number of benzene rings is 2. The Bertz CT molecular complexity index is 1020. The van der Waals surface area contributed by atoms with Crippen LogP contribution < -0.4 is 4.74 Å². The first-order valence-electron chi connectivity index (χ1n) is 11.8. The number of nitrogens with zero attached hydrogens (tertiary/aromatic N) is 1. The highest BCUT2D eigenvalue weighted by Crippen LogP contribution is 2.40.